The van der Waals surface area contributed by atoms with Crippen LogP contribution in [0, 0.1) is 6.92 Å². The molecule has 0 saturated carbocycles. The van der Waals surface area contributed by atoms with Crippen molar-refractivity contribution in [3.8, 4) is 28.4 Å². The molecule has 3 aromatic carbocycles. The molecule has 0 aliphatic carbocycles. The molecule has 0 aliphatic rings. The molecule has 1 N–H and O–H groups in total. The van der Waals surface area contributed by atoms with Gasteiger partial charge in [-0.05, 0) is 24.6 Å². The number of aryl methyl sites for hydroxylation is 1. The summed E-state index contributed by atoms with van der Waals surface area (Å²) in [6.45, 7) is 1.88. The molecule has 1 aromatic heterocycles. The van der Waals surface area contributed by atoms with Crippen LogP contribution in [0.3, 0.4) is 0 Å². The maximum atomic E-state index is 10.1. The van der Waals surface area contributed by atoms with E-state index < -0.39 is 0 Å². The van der Waals surface area contributed by atoms with Crippen molar-refractivity contribution in [1.29, 1.82) is 0 Å². The Morgan fingerprint density at radius 1 is 0.750 bits per heavy atom. The SMILES string of the molecule is Cc1cc2nc(-c3ccccc3)nc(-c3ccccc3)c2cc1O. The van der Waals surface area contributed by atoms with Crippen molar-refractivity contribution in [2.75, 3.05) is 0 Å². The smallest absolute Gasteiger partial charge is 0.160 e. The van der Waals surface area contributed by atoms with Crippen LogP contribution in [0.1, 0.15) is 5.56 Å². The van der Waals surface area contributed by atoms with Crippen LogP contribution in [0.5, 0.6) is 5.75 Å². The van der Waals surface area contributed by atoms with Gasteiger partial charge in [-0.1, -0.05) is 60.7 Å². The van der Waals surface area contributed by atoms with E-state index in [1.54, 1.807) is 6.07 Å². The molecule has 0 saturated heterocycles. The van der Waals surface area contributed by atoms with Crippen LogP contribution < -0.4 is 0 Å². The summed E-state index contributed by atoms with van der Waals surface area (Å²) in [6.07, 6.45) is 0. The summed E-state index contributed by atoms with van der Waals surface area (Å²) < 4.78 is 0. The fourth-order valence-electron chi connectivity index (χ4n) is 2.80. The third-order valence-corrected chi connectivity index (χ3v) is 4.09. The minimum Gasteiger partial charge on any atom is -0.508 e. The van der Waals surface area contributed by atoms with Gasteiger partial charge in [0.25, 0.3) is 0 Å². The largest absolute Gasteiger partial charge is 0.508 e. The van der Waals surface area contributed by atoms with Gasteiger partial charge < -0.3 is 5.11 Å². The van der Waals surface area contributed by atoms with Crippen LogP contribution in [0.4, 0.5) is 0 Å². The standard InChI is InChI=1S/C21H16N2O/c1-14-12-18-17(13-19(14)24)20(15-8-4-2-5-9-15)23-21(22-18)16-10-6-3-7-11-16/h2-13,24H,1H3. The van der Waals surface area contributed by atoms with E-state index >= 15 is 0 Å². The van der Waals surface area contributed by atoms with Gasteiger partial charge in [-0.2, -0.15) is 0 Å². The monoisotopic (exact) mass is 312 g/mol. The number of hydrogen-bond acceptors (Lipinski definition) is 3. The third kappa shape index (κ3) is 2.50. The average Bonchev–Trinajstić information content (AvgIpc) is 2.63. The van der Waals surface area contributed by atoms with E-state index in [0.29, 0.717) is 5.82 Å². The molecule has 24 heavy (non-hydrogen) atoms. The fraction of sp³-hybridized carbons (Fsp3) is 0.0476. The van der Waals surface area contributed by atoms with Crippen LogP contribution in [0.15, 0.2) is 72.8 Å². The van der Waals surface area contributed by atoms with Gasteiger partial charge in [-0.25, -0.2) is 9.97 Å². The second-order valence-corrected chi connectivity index (χ2v) is 5.78. The Balaban J connectivity index is 2.06. The number of hydrogen-bond donors (Lipinski definition) is 1. The van der Waals surface area contributed by atoms with Crippen molar-refractivity contribution in [2.24, 2.45) is 0 Å². The second kappa shape index (κ2) is 5.78. The number of fused-ring (bicyclic) bond motifs is 1. The lowest BCUT2D eigenvalue weighted by Crippen LogP contribution is -1.95. The lowest BCUT2D eigenvalue weighted by atomic mass is 10.0. The molecular weight excluding hydrogens is 296 g/mol. The minimum absolute atomic E-state index is 0.260. The first-order valence-electron chi connectivity index (χ1n) is 7.84. The summed E-state index contributed by atoms with van der Waals surface area (Å²) in [5, 5.41) is 11.0. The van der Waals surface area contributed by atoms with E-state index in [-0.39, 0.29) is 5.75 Å². The first-order valence-corrected chi connectivity index (χ1v) is 7.84. The van der Waals surface area contributed by atoms with Crippen molar-refractivity contribution < 1.29 is 5.11 Å². The van der Waals surface area contributed by atoms with Gasteiger partial charge in [0.15, 0.2) is 5.82 Å². The number of aromatic nitrogens is 2. The molecule has 0 radical (unpaired) electrons. The highest BCUT2D eigenvalue weighted by molar-refractivity contribution is 5.95. The molecule has 116 valence electrons. The van der Waals surface area contributed by atoms with Crippen LogP contribution in [0.2, 0.25) is 0 Å². The Kier molecular flexibility index (Phi) is 3.47. The quantitative estimate of drug-likeness (QED) is 0.568. The minimum atomic E-state index is 0.260. The Labute approximate surface area is 140 Å². The van der Waals surface area contributed by atoms with E-state index in [0.717, 1.165) is 33.3 Å². The third-order valence-electron chi connectivity index (χ3n) is 4.09. The highest BCUT2D eigenvalue weighted by atomic mass is 16.3. The summed E-state index contributed by atoms with van der Waals surface area (Å²) >= 11 is 0. The van der Waals surface area contributed by atoms with Crippen molar-refractivity contribution in [3.05, 3.63) is 78.4 Å². The van der Waals surface area contributed by atoms with Crippen LogP contribution in [-0.2, 0) is 0 Å². The molecule has 0 fully saturated rings. The molecule has 0 aliphatic heterocycles. The van der Waals surface area contributed by atoms with Crippen LogP contribution in [-0.4, -0.2) is 15.1 Å². The molecule has 4 aromatic rings. The fourth-order valence-corrected chi connectivity index (χ4v) is 2.80. The number of phenolic OH excluding ortho intramolecular Hbond substituents is 1. The normalized spacial score (nSPS) is 10.9. The molecule has 0 spiro atoms. The first-order chi connectivity index (χ1) is 11.7. The zero-order valence-corrected chi connectivity index (χ0v) is 13.3. The molecular formula is C21H16N2O. The molecule has 0 atom stereocenters. The van der Waals surface area contributed by atoms with Gasteiger partial charge in [0, 0.05) is 16.5 Å². The van der Waals surface area contributed by atoms with Gasteiger partial charge in [0.2, 0.25) is 0 Å². The summed E-state index contributed by atoms with van der Waals surface area (Å²) in [7, 11) is 0. The molecule has 0 unspecified atom stereocenters. The van der Waals surface area contributed by atoms with Gasteiger partial charge in [-0.15, -0.1) is 0 Å². The van der Waals surface area contributed by atoms with E-state index in [9.17, 15) is 5.11 Å². The van der Waals surface area contributed by atoms with Gasteiger partial charge in [-0.3, -0.25) is 0 Å². The zero-order chi connectivity index (χ0) is 16.5. The lowest BCUT2D eigenvalue weighted by molar-refractivity contribution is 0.472. The first kappa shape index (κ1) is 14.4. The van der Waals surface area contributed by atoms with Crippen molar-refractivity contribution in [3.63, 3.8) is 0 Å². The Bertz CT molecular complexity index is 1010. The maximum Gasteiger partial charge on any atom is 0.160 e. The molecule has 1 heterocycles. The Morgan fingerprint density at radius 3 is 2.04 bits per heavy atom. The summed E-state index contributed by atoms with van der Waals surface area (Å²) in [4.78, 5) is 9.50. The number of phenols is 1. The predicted octanol–water partition coefficient (Wildman–Crippen LogP) is 4.98. The Morgan fingerprint density at radius 2 is 1.38 bits per heavy atom. The van der Waals surface area contributed by atoms with Gasteiger partial charge in [0.1, 0.15) is 5.75 Å². The van der Waals surface area contributed by atoms with Crippen molar-refractivity contribution in [1.82, 2.24) is 9.97 Å². The molecule has 0 amide bonds. The van der Waals surface area contributed by atoms with E-state index in [2.05, 4.69) is 0 Å². The van der Waals surface area contributed by atoms with E-state index in [1.165, 1.54) is 0 Å². The number of rotatable bonds is 2. The predicted molar refractivity (Wildman–Crippen MR) is 96.8 cm³/mol. The second-order valence-electron chi connectivity index (χ2n) is 5.78. The summed E-state index contributed by atoms with van der Waals surface area (Å²) in [5.74, 6) is 0.947. The van der Waals surface area contributed by atoms with Crippen LogP contribution in [0.25, 0.3) is 33.5 Å². The Hall–Kier alpha value is -3.20. The van der Waals surface area contributed by atoms with Crippen molar-refractivity contribution >= 4 is 10.9 Å². The molecule has 3 heteroatoms. The van der Waals surface area contributed by atoms with Crippen molar-refractivity contribution in [2.45, 2.75) is 6.92 Å². The van der Waals surface area contributed by atoms with Gasteiger partial charge >= 0.3 is 0 Å². The maximum absolute atomic E-state index is 10.1. The van der Waals surface area contributed by atoms with Gasteiger partial charge in [0.05, 0.1) is 11.2 Å². The highest BCUT2D eigenvalue weighted by Gasteiger charge is 2.13. The summed E-state index contributed by atoms with van der Waals surface area (Å²) in [6, 6.07) is 23.6. The number of aromatic hydroxyl groups is 1. The molecule has 4 rings (SSSR count). The van der Waals surface area contributed by atoms with Crippen LogP contribution >= 0.6 is 0 Å². The number of nitrogens with zero attached hydrogens (tertiary/aromatic N) is 2. The molecule has 0 bridgehead atoms. The number of benzene rings is 3. The summed E-state index contributed by atoms with van der Waals surface area (Å²) in [5.41, 5.74) is 4.44. The molecule has 3 nitrogen and oxygen atoms in total. The zero-order valence-electron chi connectivity index (χ0n) is 13.3. The van der Waals surface area contributed by atoms with E-state index in [4.69, 9.17) is 9.97 Å². The average molecular weight is 312 g/mol. The lowest BCUT2D eigenvalue weighted by Gasteiger charge is -2.11. The topological polar surface area (TPSA) is 46.0 Å². The highest BCUT2D eigenvalue weighted by Crippen LogP contribution is 2.32. The van der Waals surface area contributed by atoms with E-state index in [1.807, 2.05) is 73.7 Å².